The van der Waals surface area contributed by atoms with Crippen molar-refractivity contribution in [2.45, 2.75) is 13.8 Å². The van der Waals surface area contributed by atoms with Gasteiger partial charge >= 0.3 is 11.9 Å². The number of carbonyl (C=O) groups is 2. The third-order valence-electron chi connectivity index (χ3n) is 1.72. The molecule has 0 aromatic heterocycles. The van der Waals surface area contributed by atoms with E-state index in [-0.39, 0.29) is 24.4 Å². The maximum absolute atomic E-state index is 11.3. The Morgan fingerprint density at radius 2 is 1.19 bits per heavy atom. The average Bonchev–Trinajstić information content (AvgIpc) is 2.25. The highest BCUT2D eigenvalue weighted by Gasteiger charge is 2.21. The lowest BCUT2D eigenvalue weighted by molar-refractivity contribution is -0.142. The molecule has 0 rings (SSSR count). The largest absolute Gasteiger partial charge is 0.463 e. The van der Waals surface area contributed by atoms with Crippen molar-refractivity contribution >= 4 is 11.9 Å². The van der Waals surface area contributed by atoms with E-state index in [1.54, 1.807) is 13.8 Å². The first kappa shape index (κ1) is 14.6. The molecular weight excluding hydrogens is 216 g/mol. The smallest absolute Gasteiger partial charge is 0.336 e. The molecule has 0 spiro atoms. The lowest BCUT2D eigenvalue weighted by Crippen LogP contribution is -2.21. The van der Waals surface area contributed by atoms with Crippen LogP contribution in [0.5, 0.6) is 0 Å². The summed E-state index contributed by atoms with van der Waals surface area (Å²) in [6.45, 7) is 2.04. The molecule has 0 bridgehead atoms. The van der Waals surface area contributed by atoms with E-state index in [2.05, 4.69) is 9.47 Å². The molecule has 0 aromatic rings. The van der Waals surface area contributed by atoms with E-state index >= 15 is 0 Å². The van der Waals surface area contributed by atoms with Gasteiger partial charge in [0.15, 0.2) is 0 Å². The molecule has 0 fully saturated rings. The second-order valence-corrected chi connectivity index (χ2v) is 2.71. The van der Waals surface area contributed by atoms with Gasteiger partial charge in [0.2, 0.25) is 0 Å². The molecule has 0 aliphatic carbocycles. The van der Waals surface area contributed by atoms with Crippen molar-refractivity contribution < 1.29 is 29.3 Å². The van der Waals surface area contributed by atoms with Crippen molar-refractivity contribution in [2.24, 2.45) is 0 Å². The lowest BCUT2D eigenvalue weighted by atomic mass is 10.1. The van der Waals surface area contributed by atoms with Gasteiger partial charge in [0.25, 0.3) is 0 Å². The summed E-state index contributed by atoms with van der Waals surface area (Å²) in [5, 5.41) is 17.9. The van der Waals surface area contributed by atoms with Crippen LogP contribution in [-0.2, 0) is 19.1 Å². The average molecular weight is 232 g/mol. The number of aliphatic hydroxyl groups excluding tert-OH is 2. The van der Waals surface area contributed by atoms with Gasteiger partial charge < -0.3 is 19.7 Å². The molecule has 92 valence electrons. The van der Waals surface area contributed by atoms with Crippen LogP contribution in [0.2, 0.25) is 0 Å². The monoisotopic (exact) mass is 232 g/mol. The first-order valence-electron chi connectivity index (χ1n) is 4.90. The molecule has 0 atom stereocenters. The quantitative estimate of drug-likeness (QED) is 0.469. The molecule has 0 aliphatic heterocycles. The Morgan fingerprint density at radius 1 is 0.875 bits per heavy atom. The zero-order valence-electron chi connectivity index (χ0n) is 9.36. The van der Waals surface area contributed by atoms with Gasteiger partial charge in [-0.1, -0.05) is 0 Å². The van der Waals surface area contributed by atoms with Crippen molar-refractivity contribution in [3.8, 4) is 0 Å². The number of aliphatic hydroxyl groups is 2. The van der Waals surface area contributed by atoms with Crippen LogP contribution in [0.4, 0.5) is 0 Å². The number of rotatable bonds is 6. The fourth-order valence-electron chi connectivity index (χ4n) is 1.00. The summed E-state index contributed by atoms with van der Waals surface area (Å²) in [7, 11) is 0. The van der Waals surface area contributed by atoms with E-state index in [1.165, 1.54) is 0 Å². The number of hydrogen-bond donors (Lipinski definition) is 2. The van der Waals surface area contributed by atoms with Gasteiger partial charge in [-0.05, 0) is 13.8 Å². The third kappa shape index (κ3) is 4.00. The molecule has 0 amide bonds. The Balaban J connectivity index is 5.04. The van der Waals surface area contributed by atoms with Crippen LogP contribution in [0.3, 0.4) is 0 Å². The van der Waals surface area contributed by atoms with Crippen molar-refractivity contribution in [3.05, 3.63) is 11.1 Å². The summed E-state index contributed by atoms with van der Waals surface area (Å²) in [6.07, 6.45) is 0. The molecule has 0 heterocycles. The van der Waals surface area contributed by atoms with Gasteiger partial charge in [0.05, 0.1) is 37.6 Å². The number of carbonyl (C=O) groups excluding carboxylic acids is 2. The molecular formula is C10H16O6. The predicted octanol–water partition coefficient (Wildman–Crippen LogP) is -0.606. The van der Waals surface area contributed by atoms with E-state index < -0.39 is 25.2 Å². The van der Waals surface area contributed by atoms with Gasteiger partial charge in [0.1, 0.15) is 0 Å². The Hall–Kier alpha value is -1.40. The van der Waals surface area contributed by atoms with E-state index in [0.29, 0.717) is 0 Å². The minimum atomic E-state index is -0.831. The Bertz CT molecular complexity index is 253. The predicted molar refractivity (Wildman–Crippen MR) is 54.5 cm³/mol. The minimum absolute atomic E-state index is 0.115. The second kappa shape index (κ2) is 7.84. The molecule has 16 heavy (non-hydrogen) atoms. The first-order chi connectivity index (χ1) is 7.62. The van der Waals surface area contributed by atoms with E-state index in [9.17, 15) is 9.59 Å². The molecule has 0 aliphatic rings. The summed E-state index contributed by atoms with van der Waals surface area (Å²) in [5.41, 5.74) is -0.550. The van der Waals surface area contributed by atoms with Crippen molar-refractivity contribution in [2.75, 3.05) is 26.4 Å². The van der Waals surface area contributed by atoms with Crippen LogP contribution in [0, 0.1) is 0 Å². The van der Waals surface area contributed by atoms with Gasteiger partial charge in [-0.15, -0.1) is 0 Å². The van der Waals surface area contributed by atoms with Gasteiger partial charge in [-0.3, -0.25) is 0 Å². The van der Waals surface area contributed by atoms with Crippen molar-refractivity contribution in [3.63, 3.8) is 0 Å². The zero-order valence-corrected chi connectivity index (χ0v) is 9.36. The van der Waals surface area contributed by atoms with E-state index in [0.717, 1.165) is 0 Å². The van der Waals surface area contributed by atoms with Gasteiger partial charge in [0, 0.05) is 0 Å². The fraction of sp³-hybridized carbons (Fsp3) is 0.600. The Labute approximate surface area is 93.5 Å². The summed E-state index contributed by atoms with van der Waals surface area (Å²) in [6, 6.07) is 0. The maximum Gasteiger partial charge on any atom is 0.336 e. The molecule has 0 saturated heterocycles. The van der Waals surface area contributed by atoms with Gasteiger partial charge in [-0.25, -0.2) is 9.59 Å². The fourth-order valence-corrected chi connectivity index (χ4v) is 1.00. The summed E-state index contributed by atoms with van der Waals surface area (Å²) in [5.74, 6) is -1.66. The van der Waals surface area contributed by atoms with Crippen molar-refractivity contribution in [1.82, 2.24) is 0 Å². The third-order valence-corrected chi connectivity index (χ3v) is 1.72. The highest BCUT2D eigenvalue weighted by Crippen LogP contribution is 2.08. The van der Waals surface area contributed by atoms with Crippen LogP contribution in [0.25, 0.3) is 0 Å². The molecule has 0 aromatic carbocycles. The number of esters is 2. The highest BCUT2D eigenvalue weighted by atomic mass is 16.5. The standard InChI is InChI=1S/C10H16O6/c1-3-15-9(13)7(5-11)8(6-12)10(14)16-4-2/h11-12H,3-6H2,1-2H3/b8-7-. The Morgan fingerprint density at radius 3 is 1.38 bits per heavy atom. The highest BCUT2D eigenvalue weighted by molar-refractivity contribution is 6.00. The number of hydrogen-bond acceptors (Lipinski definition) is 6. The van der Waals surface area contributed by atoms with E-state index in [1.807, 2.05) is 0 Å². The first-order valence-corrected chi connectivity index (χ1v) is 4.90. The van der Waals surface area contributed by atoms with Crippen LogP contribution < -0.4 is 0 Å². The van der Waals surface area contributed by atoms with Crippen molar-refractivity contribution in [1.29, 1.82) is 0 Å². The summed E-state index contributed by atoms with van der Waals surface area (Å²) < 4.78 is 9.26. The van der Waals surface area contributed by atoms with E-state index in [4.69, 9.17) is 10.2 Å². The molecule has 6 nitrogen and oxygen atoms in total. The van der Waals surface area contributed by atoms with Crippen LogP contribution in [0.15, 0.2) is 11.1 Å². The molecule has 2 N–H and O–H groups in total. The molecule has 0 saturated carbocycles. The molecule has 0 unspecified atom stereocenters. The molecule has 0 radical (unpaired) electrons. The van der Waals surface area contributed by atoms with Gasteiger partial charge in [-0.2, -0.15) is 0 Å². The second-order valence-electron chi connectivity index (χ2n) is 2.71. The van der Waals surface area contributed by atoms with Crippen LogP contribution in [0.1, 0.15) is 13.8 Å². The summed E-state index contributed by atoms with van der Waals surface area (Å²) >= 11 is 0. The Kier molecular flexibility index (Phi) is 7.15. The lowest BCUT2D eigenvalue weighted by Gasteiger charge is -2.09. The van der Waals surface area contributed by atoms with Crippen LogP contribution in [-0.4, -0.2) is 48.6 Å². The number of ether oxygens (including phenoxy) is 2. The van der Waals surface area contributed by atoms with Crippen LogP contribution >= 0.6 is 0 Å². The zero-order chi connectivity index (χ0) is 12.6. The topological polar surface area (TPSA) is 93.1 Å². The SMILES string of the molecule is CCOC(=O)/C(CO)=C(/CO)C(=O)OCC. The normalized spacial score (nSPS) is 11.8. The maximum atomic E-state index is 11.3. The summed E-state index contributed by atoms with van der Waals surface area (Å²) in [4.78, 5) is 22.6. The molecule has 6 heteroatoms. The minimum Gasteiger partial charge on any atom is -0.463 e.